The average molecular weight is 419 g/mol. The van der Waals surface area contributed by atoms with Crippen LogP contribution in [0.5, 0.6) is 5.75 Å². The van der Waals surface area contributed by atoms with Crippen LogP contribution in [0.3, 0.4) is 0 Å². The van der Waals surface area contributed by atoms with Crippen molar-refractivity contribution in [2.45, 2.75) is 38.1 Å². The van der Waals surface area contributed by atoms with Gasteiger partial charge >= 0.3 is 0 Å². The van der Waals surface area contributed by atoms with E-state index in [4.69, 9.17) is 4.74 Å². The summed E-state index contributed by atoms with van der Waals surface area (Å²) in [4.78, 5) is 0.313. The summed E-state index contributed by atoms with van der Waals surface area (Å²) in [5.41, 5.74) is 1.96. The van der Waals surface area contributed by atoms with Crippen molar-refractivity contribution in [3.63, 3.8) is 0 Å². The van der Waals surface area contributed by atoms with Crippen LogP contribution in [-0.4, -0.2) is 49.2 Å². The molecule has 0 aliphatic carbocycles. The molecule has 0 bridgehead atoms. The molecular weight excluding hydrogens is 388 g/mol. The second-order valence-electron chi connectivity index (χ2n) is 7.85. The number of hydrogen-bond donors (Lipinski definition) is 1. The number of ether oxygens (including phenoxy) is 1. The summed E-state index contributed by atoms with van der Waals surface area (Å²) in [5.74, 6) is 0.980. The van der Waals surface area contributed by atoms with Crippen molar-refractivity contribution >= 4 is 10.0 Å². The number of rotatable bonds is 10. The maximum atomic E-state index is 13.2. The van der Waals surface area contributed by atoms with Crippen molar-refractivity contribution in [2.75, 3.05) is 26.2 Å². The lowest BCUT2D eigenvalue weighted by Crippen LogP contribution is -2.36. The minimum Gasteiger partial charge on any atom is -0.493 e. The van der Waals surface area contributed by atoms with Crippen LogP contribution in [0.2, 0.25) is 0 Å². The first-order valence-electron chi connectivity index (χ1n) is 10.1. The first kappa shape index (κ1) is 21.8. The van der Waals surface area contributed by atoms with Crippen LogP contribution in [0.4, 0.5) is 0 Å². The Hall–Kier alpha value is -1.93. The Bertz CT molecular complexity index is 900. The fraction of sp³-hybridized carbons (Fsp3) is 0.455. The molecule has 0 atom stereocenters. The third kappa shape index (κ3) is 5.79. The monoisotopic (exact) mass is 418 g/mol. The molecule has 0 saturated heterocycles. The van der Waals surface area contributed by atoms with E-state index in [1.165, 1.54) is 9.37 Å². The van der Waals surface area contributed by atoms with E-state index in [9.17, 15) is 13.6 Å². The summed E-state index contributed by atoms with van der Waals surface area (Å²) >= 11 is 0. The van der Waals surface area contributed by atoms with Gasteiger partial charge in [0.1, 0.15) is 5.75 Å². The smallest absolute Gasteiger partial charge is 0.243 e. The highest BCUT2D eigenvalue weighted by atomic mass is 32.2. The summed E-state index contributed by atoms with van der Waals surface area (Å²) < 4.78 is 33.5. The Balaban J connectivity index is 1.64. The van der Waals surface area contributed by atoms with Gasteiger partial charge in [-0.15, -0.1) is 0 Å². The highest BCUT2D eigenvalue weighted by Crippen LogP contribution is 2.29. The molecule has 1 aliphatic rings. The summed E-state index contributed by atoms with van der Waals surface area (Å²) in [6.45, 7) is 6.24. The third-order valence-corrected chi connectivity index (χ3v) is 6.76. The number of hydrogen-bond acceptors (Lipinski definition) is 5. The van der Waals surface area contributed by atoms with Crippen LogP contribution in [-0.2, 0) is 23.0 Å². The van der Waals surface area contributed by atoms with Gasteiger partial charge in [0.25, 0.3) is 0 Å². The SMILES string of the molecule is CC(C)CN(CCCN(O)Cc1ccccc1)S(=O)(=O)c1ccc2c(c1)CCO2. The van der Waals surface area contributed by atoms with E-state index in [-0.39, 0.29) is 5.92 Å². The molecule has 2 aromatic carbocycles. The summed E-state index contributed by atoms with van der Waals surface area (Å²) in [6, 6.07) is 14.8. The minimum atomic E-state index is -3.60. The molecule has 0 saturated carbocycles. The first-order chi connectivity index (χ1) is 13.9. The lowest BCUT2D eigenvalue weighted by molar-refractivity contribution is -0.100. The van der Waals surface area contributed by atoms with Crippen molar-refractivity contribution in [1.29, 1.82) is 0 Å². The Labute approximate surface area is 173 Å². The third-order valence-electron chi connectivity index (χ3n) is 4.90. The van der Waals surface area contributed by atoms with Gasteiger partial charge in [0, 0.05) is 32.6 Å². The Morgan fingerprint density at radius 3 is 2.59 bits per heavy atom. The number of hydroxylamine groups is 2. The van der Waals surface area contributed by atoms with Crippen molar-refractivity contribution in [3.8, 4) is 5.75 Å². The first-order valence-corrected chi connectivity index (χ1v) is 11.5. The number of sulfonamides is 1. The van der Waals surface area contributed by atoms with Crippen LogP contribution in [0, 0.1) is 5.92 Å². The second-order valence-corrected chi connectivity index (χ2v) is 9.79. The quantitative estimate of drug-likeness (QED) is 0.598. The zero-order chi connectivity index (χ0) is 20.9. The molecule has 6 nitrogen and oxygen atoms in total. The normalized spacial score (nSPS) is 13.9. The van der Waals surface area contributed by atoms with Crippen molar-refractivity contribution in [1.82, 2.24) is 9.37 Å². The molecule has 2 aromatic rings. The van der Waals surface area contributed by atoms with Gasteiger partial charge in [-0.2, -0.15) is 9.37 Å². The largest absolute Gasteiger partial charge is 0.493 e. The molecular formula is C22H30N2O4S. The maximum Gasteiger partial charge on any atom is 0.243 e. The predicted molar refractivity (Wildman–Crippen MR) is 112 cm³/mol. The molecule has 3 rings (SSSR count). The van der Waals surface area contributed by atoms with E-state index in [0.29, 0.717) is 44.1 Å². The molecule has 1 aliphatic heterocycles. The van der Waals surface area contributed by atoms with Gasteiger partial charge in [-0.05, 0) is 41.7 Å². The molecule has 1 heterocycles. The molecule has 7 heteroatoms. The van der Waals surface area contributed by atoms with E-state index in [0.717, 1.165) is 23.3 Å². The molecule has 0 fully saturated rings. The highest BCUT2D eigenvalue weighted by Gasteiger charge is 2.26. The Morgan fingerprint density at radius 1 is 1.10 bits per heavy atom. The van der Waals surface area contributed by atoms with Crippen molar-refractivity contribution in [3.05, 3.63) is 59.7 Å². The fourth-order valence-corrected chi connectivity index (χ4v) is 5.19. The van der Waals surface area contributed by atoms with E-state index in [1.807, 2.05) is 44.2 Å². The molecule has 0 amide bonds. The van der Waals surface area contributed by atoms with Crippen LogP contribution < -0.4 is 4.74 Å². The number of fused-ring (bicyclic) bond motifs is 1. The molecule has 0 radical (unpaired) electrons. The lowest BCUT2D eigenvalue weighted by Gasteiger charge is -2.25. The fourth-order valence-electron chi connectivity index (χ4n) is 3.49. The van der Waals surface area contributed by atoms with E-state index in [1.54, 1.807) is 18.2 Å². The lowest BCUT2D eigenvalue weighted by atomic mass is 10.2. The molecule has 0 aromatic heterocycles. The Morgan fingerprint density at radius 2 is 1.86 bits per heavy atom. The van der Waals surface area contributed by atoms with Gasteiger partial charge in [0.05, 0.1) is 11.5 Å². The van der Waals surface area contributed by atoms with Gasteiger partial charge in [-0.3, -0.25) is 0 Å². The van der Waals surface area contributed by atoms with Crippen LogP contribution in [0.25, 0.3) is 0 Å². The molecule has 1 N–H and O–H groups in total. The van der Waals surface area contributed by atoms with E-state index < -0.39 is 10.0 Å². The molecule has 0 unspecified atom stereocenters. The standard InChI is InChI=1S/C22H30N2O4S/c1-18(2)16-24(13-6-12-23(25)17-19-7-4-3-5-8-19)29(26,27)21-9-10-22-20(15-21)11-14-28-22/h3-5,7-10,15,18,25H,6,11-14,16-17H2,1-2H3. The van der Waals surface area contributed by atoms with E-state index in [2.05, 4.69) is 0 Å². The Kier molecular flexibility index (Phi) is 7.29. The van der Waals surface area contributed by atoms with Crippen LogP contribution >= 0.6 is 0 Å². The minimum absolute atomic E-state index is 0.206. The summed E-state index contributed by atoms with van der Waals surface area (Å²) in [7, 11) is -3.60. The average Bonchev–Trinajstić information content (AvgIpc) is 3.15. The predicted octanol–water partition coefficient (Wildman–Crippen LogP) is 3.55. The van der Waals surface area contributed by atoms with Crippen molar-refractivity contribution < 1.29 is 18.4 Å². The summed E-state index contributed by atoms with van der Waals surface area (Å²) in [5, 5.41) is 11.4. The van der Waals surface area contributed by atoms with Crippen LogP contribution in [0.15, 0.2) is 53.4 Å². The number of benzene rings is 2. The molecule has 0 spiro atoms. The van der Waals surface area contributed by atoms with Crippen LogP contribution in [0.1, 0.15) is 31.4 Å². The number of nitrogens with zero attached hydrogens (tertiary/aromatic N) is 2. The zero-order valence-electron chi connectivity index (χ0n) is 17.1. The van der Waals surface area contributed by atoms with Gasteiger partial charge in [0.15, 0.2) is 0 Å². The zero-order valence-corrected chi connectivity index (χ0v) is 17.9. The highest BCUT2D eigenvalue weighted by molar-refractivity contribution is 7.89. The van der Waals surface area contributed by atoms with Gasteiger partial charge in [0.2, 0.25) is 10.0 Å². The van der Waals surface area contributed by atoms with Crippen molar-refractivity contribution in [2.24, 2.45) is 5.92 Å². The second kappa shape index (κ2) is 9.71. The van der Waals surface area contributed by atoms with Gasteiger partial charge < -0.3 is 9.94 Å². The van der Waals surface area contributed by atoms with Gasteiger partial charge in [-0.1, -0.05) is 44.2 Å². The molecule has 158 valence electrons. The molecule has 29 heavy (non-hydrogen) atoms. The maximum absolute atomic E-state index is 13.2. The van der Waals surface area contributed by atoms with Gasteiger partial charge in [-0.25, -0.2) is 8.42 Å². The summed E-state index contributed by atoms with van der Waals surface area (Å²) in [6.07, 6.45) is 1.28. The van der Waals surface area contributed by atoms with E-state index >= 15 is 0 Å². The topological polar surface area (TPSA) is 70.1 Å².